The highest BCUT2D eigenvalue weighted by Gasteiger charge is 2.25. The molecule has 0 saturated heterocycles. The van der Waals surface area contributed by atoms with Crippen LogP contribution in [0.2, 0.25) is 0 Å². The summed E-state index contributed by atoms with van der Waals surface area (Å²) in [5.41, 5.74) is 9.21. The third kappa shape index (κ3) is 6.56. The van der Waals surface area contributed by atoms with Gasteiger partial charge < -0.3 is 14.6 Å². The average molecular weight is 600 g/mol. The maximum absolute atomic E-state index is 13.3. The molecule has 6 rings (SSSR count). The topological polar surface area (TPSA) is 73.2 Å². The first kappa shape index (κ1) is 30.3. The maximum atomic E-state index is 13.3. The van der Waals surface area contributed by atoms with Gasteiger partial charge in [0.2, 0.25) is 0 Å². The first-order chi connectivity index (χ1) is 21.5. The quantitative estimate of drug-likeness (QED) is 0.181. The number of nitrogens with zero attached hydrogens (tertiary/aromatic N) is 2. The van der Waals surface area contributed by atoms with Crippen molar-refractivity contribution in [2.24, 2.45) is 0 Å². The van der Waals surface area contributed by atoms with Crippen molar-refractivity contribution in [3.05, 3.63) is 124 Å². The van der Waals surface area contributed by atoms with E-state index in [4.69, 9.17) is 4.74 Å². The van der Waals surface area contributed by atoms with Crippen molar-refractivity contribution in [1.29, 1.82) is 0 Å². The first-order valence-corrected chi connectivity index (χ1v) is 15.8. The molecule has 1 saturated carbocycles. The Balaban J connectivity index is 1.20. The fourth-order valence-corrected chi connectivity index (χ4v) is 5.94. The molecule has 6 nitrogen and oxygen atoms in total. The predicted octanol–water partition coefficient (Wildman–Crippen LogP) is 8.69. The van der Waals surface area contributed by atoms with Crippen LogP contribution in [-0.2, 0) is 11.3 Å². The number of rotatable bonds is 8. The summed E-state index contributed by atoms with van der Waals surface area (Å²) in [6.45, 7) is 12.5. The molecule has 0 aliphatic heterocycles. The average Bonchev–Trinajstić information content (AvgIpc) is 3.85. The summed E-state index contributed by atoms with van der Waals surface area (Å²) in [5, 5.41) is 4.22. The number of pyridine rings is 1. The van der Waals surface area contributed by atoms with Crippen LogP contribution in [0.1, 0.15) is 101 Å². The van der Waals surface area contributed by atoms with E-state index in [9.17, 15) is 9.59 Å². The highest BCUT2D eigenvalue weighted by molar-refractivity contribution is 5.99. The zero-order valence-electron chi connectivity index (χ0n) is 27.0. The molecular formula is C39H41N3O3. The standard InChI is InChI=1S/C39H41N3O3/c1-24-26(3)42(23-27-11-13-29(14-12-27)32-9-7-8-10-33(32)38(44)45-39(4,5)6)36-18-17-31(21-34(24)36)37(43)41-25(2)35-22-30(19-20-40-35)28-15-16-28/h7-14,17-22,25,28H,15-16,23H2,1-6H3,(H,41,43)/t25-/m0/s1. The number of hydrogen-bond acceptors (Lipinski definition) is 4. The van der Waals surface area contributed by atoms with Crippen LogP contribution in [0.15, 0.2) is 85.1 Å². The Morgan fingerprint density at radius 3 is 2.42 bits per heavy atom. The summed E-state index contributed by atoms with van der Waals surface area (Å²) in [6, 6.07) is 25.9. The van der Waals surface area contributed by atoms with Gasteiger partial charge in [0.25, 0.3) is 5.91 Å². The normalized spacial score (nSPS) is 13.9. The van der Waals surface area contributed by atoms with Gasteiger partial charge in [-0.15, -0.1) is 0 Å². The van der Waals surface area contributed by atoms with Gasteiger partial charge in [-0.05, 0) is 125 Å². The van der Waals surface area contributed by atoms with Gasteiger partial charge in [0.15, 0.2) is 0 Å². The van der Waals surface area contributed by atoms with Crippen LogP contribution in [0.4, 0.5) is 0 Å². The minimum Gasteiger partial charge on any atom is -0.456 e. The highest BCUT2D eigenvalue weighted by atomic mass is 16.6. The third-order valence-electron chi connectivity index (χ3n) is 8.70. The lowest BCUT2D eigenvalue weighted by atomic mass is 9.98. The smallest absolute Gasteiger partial charge is 0.339 e. The lowest BCUT2D eigenvalue weighted by Gasteiger charge is -2.20. The second kappa shape index (κ2) is 12.0. The molecular weight excluding hydrogens is 558 g/mol. The summed E-state index contributed by atoms with van der Waals surface area (Å²) < 4.78 is 7.95. The van der Waals surface area contributed by atoms with Crippen molar-refractivity contribution in [3.8, 4) is 11.1 Å². The molecule has 1 N–H and O–H groups in total. The Hall–Kier alpha value is -4.71. The first-order valence-electron chi connectivity index (χ1n) is 15.8. The van der Waals surface area contributed by atoms with Crippen molar-refractivity contribution in [3.63, 3.8) is 0 Å². The van der Waals surface area contributed by atoms with Gasteiger partial charge in [-0.1, -0.05) is 42.5 Å². The molecule has 2 heterocycles. The molecule has 230 valence electrons. The summed E-state index contributed by atoms with van der Waals surface area (Å²) in [5.74, 6) is 0.218. The molecule has 1 atom stereocenters. The molecule has 1 fully saturated rings. The number of amides is 1. The van der Waals surface area contributed by atoms with E-state index in [-0.39, 0.29) is 17.9 Å². The van der Waals surface area contributed by atoms with E-state index in [0.29, 0.717) is 23.6 Å². The monoisotopic (exact) mass is 599 g/mol. The lowest BCUT2D eigenvalue weighted by molar-refractivity contribution is 0.00703. The van der Waals surface area contributed by atoms with E-state index in [2.05, 4.69) is 65.1 Å². The van der Waals surface area contributed by atoms with E-state index in [1.54, 1.807) is 0 Å². The summed E-state index contributed by atoms with van der Waals surface area (Å²) in [4.78, 5) is 30.7. The van der Waals surface area contributed by atoms with Crippen LogP contribution in [0, 0.1) is 13.8 Å². The van der Waals surface area contributed by atoms with Crippen molar-refractivity contribution >= 4 is 22.8 Å². The molecule has 0 radical (unpaired) electrons. The van der Waals surface area contributed by atoms with Gasteiger partial charge in [-0.3, -0.25) is 9.78 Å². The molecule has 1 amide bonds. The van der Waals surface area contributed by atoms with Crippen LogP contribution in [-0.4, -0.2) is 27.0 Å². The summed E-state index contributed by atoms with van der Waals surface area (Å²) >= 11 is 0. The van der Waals surface area contributed by atoms with Crippen LogP contribution in [0.3, 0.4) is 0 Å². The van der Waals surface area contributed by atoms with Crippen molar-refractivity contribution in [1.82, 2.24) is 14.9 Å². The number of benzene rings is 3. The van der Waals surface area contributed by atoms with Crippen LogP contribution in [0.5, 0.6) is 0 Å². The molecule has 0 unspecified atom stereocenters. The number of carbonyl (C=O) groups excluding carboxylic acids is 2. The molecule has 3 aromatic carbocycles. The van der Waals surface area contributed by atoms with Crippen molar-refractivity contribution < 1.29 is 14.3 Å². The lowest BCUT2D eigenvalue weighted by Crippen LogP contribution is -2.27. The zero-order valence-corrected chi connectivity index (χ0v) is 27.0. The number of ether oxygens (including phenoxy) is 1. The Labute approximate surface area is 265 Å². The second-order valence-corrected chi connectivity index (χ2v) is 13.3. The number of hydrogen-bond donors (Lipinski definition) is 1. The highest BCUT2D eigenvalue weighted by Crippen LogP contribution is 2.40. The Bertz CT molecular complexity index is 1890. The van der Waals surface area contributed by atoms with Gasteiger partial charge in [-0.25, -0.2) is 4.79 Å². The van der Waals surface area contributed by atoms with Gasteiger partial charge >= 0.3 is 5.97 Å². The number of aromatic nitrogens is 2. The Morgan fingerprint density at radius 1 is 0.978 bits per heavy atom. The van der Waals surface area contributed by atoms with E-state index >= 15 is 0 Å². The molecule has 6 heteroatoms. The van der Waals surface area contributed by atoms with Crippen LogP contribution < -0.4 is 5.32 Å². The largest absolute Gasteiger partial charge is 0.456 e. The van der Waals surface area contributed by atoms with Crippen LogP contribution >= 0.6 is 0 Å². The number of aryl methyl sites for hydroxylation is 1. The predicted molar refractivity (Wildman–Crippen MR) is 180 cm³/mol. The molecule has 1 aliphatic carbocycles. The van der Waals surface area contributed by atoms with Gasteiger partial charge in [-0.2, -0.15) is 0 Å². The molecule has 45 heavy (non-hydrogen) atoms. The molecule has 1 aliphatic rings. The van der Waals surface area contributed by atoms with E-state index in [1.807, 2.05) is 76.4 Å². The maximum Gasteiger partial charge on any atom is 0.339 e. The number of carbonyl (C=O) groups is 2. The van der Waals surface area contributed by atoms with E-state index in [0.717, 1.165) is 44.5 Å². The minimum atomic E-state index is -0.564. The fraction of sp³-hybridized carbons (Fsp3) is 0.308. The van der Waals surface area contributed by atoms with Gasteiger partial charge in [0.1, 0.15) is 5.60 Å². The number of nitrogens with one attached hydrogen (secondary N) is 1. The molecule has 2 aromatic heterocycles. The third-order valence-corrected chi connectivity index (χ3v) is 8.70. The van der Waals surface area contributed by atoms with Crippen molar-refractivity contribution in [2.75, 3.05) is 0 Å². The summed E-state index contributed by atoms with van der Waals surface area (Å²) in [6.07, 6.45) is 4.32. The molecule has 5 aromatic rings. The summed E-state index contributed by atoms with van der Waals surface area (Å²) in [7, 11) is 0. The van der Waals surface area contributed by atoms with Crippen LogP contribution in [0.25, 0.3) is 22.0 Å². The zero-order chi connectivity index (χ0) is 31.9. The number of fused-ring (bicyclic) bond motifs is 1. The molecule has 0 bridgehead atoms. The van der Waals surface area contributed by atoms with E-state index < -0.39 is 5.60 Å². The SMILES string of the molecule is Cc1c(C)n(Cc2ccc(-c3ccccc3C(=O)OC(C)(C)C)cc2)c2ccc(C(=O)N[C@@H](C)c3cc(C4CC4)ccn3)cc12. The van der Waals surface area contributed by atoms with E-state index in [1.165, 1.54) is 18.4 Å². The van der Waals surface area contributed by atoms with Gasteiger partial charge in [0.05, 0.1) is 17.3 Å². The Kier molecular flexibility index (Phi) is 8.08. The number of esters is 1. The second-order valence-electron chi connectivity index (χ2n) is 13.3. The fourth-order valence-electron chi connectivity index (χ4n) is 5.94. The van der Waals surface area contributed by atoms with Crippen molar-refractivity contribution in [2.45, 2.75) is 78.5 Å². The van der Waals surface area contributed by atoms with Gasteiger partial charge in [0, 0.05) is 34.9 Å². The molecule has 0 spiro atoms. The Morgan fingerprint density at radius 2 is 1.71 bits per heavy atom. The minimum absolute atomic E-state index is 0.102.